The molecule has 0 bridgehead atoms. The van der Waals surface area contributed by atoms with Gasteiger partial charge in [0.05, 0.1) is 111 Å². The summed E-state index contributed by atoms with van der Waals surface area (Å²) in [7, 11) is 27.8. The van der Waals surface area contributed by atoms with E-state index in [0.717, 1.165) is 55.7 Å². The van der Waals surface area contributed by atoms with Crippen molar-refractivity contribution in [3.8, 4) is 45.0 Å². The molecular formula is C46H53B12N3O2. The van der Waals surface area contributed by atoms with E-state index in [9.17, 15) is 0 Å². The largest absolute Gasteiger partial charge is 0.438 e. The van der Waals surface area contributed by atoms with Gasteiger partial charge >= 0.3 is 5.84 Å². The molecule has 0 radical (unpaired) electrons. The lowest BCUT2D eigenvalue weighted by Crippen LogP contribution is -2.40. The molecule has 5 nitrogen and oxygen atoms in total. The number of oxazole rings is 1. The topological polar surface area (TPSA) is 52.6 Å². The molecule has 0 saturated heterocycles. The second-order valence-electron chi connectivity index (χ2n) is 23.3. The molecule has 3 aromatic heterocycles. The Morgan fingerprint density at radius 1 is 0.524 bits per heavy atom. The number of pyridine rings is 1. The van der Waals surface area contributed by atoms with Gasteiger partial charge in [-0.2, -0.15) is 4.98 Å². The zero-order valence-electron chi connectivity index (χ0n) is 40.5. The van der Waals surface area contributed by atoms with Crippen molar-refractivity contribution in [1.82, 2.24) is 14.4 Å². The van der Waals surface area contributed by atoms with Gasteiger partial charge < -0.3 is 9.15 Å². The molecule has 9 rings (SSSR count). The predicted octanol–water partition coefficient (Wildman–Crippen LogP) is -0.971. The Hall–Kier alpha value is -4.90. The molecule has 0 aliphatic carbocycles. The van der Waals surface area contributed by atoms with Gasteiger partial charge in [0.1, 0.15) is 5.75 Å². The number of hydrogen-bond donors (Lipinski definition) is 0. The van der Waals surface area contributed by atoms with Crippen LogP contribution in [0.1, 0.15) is 61.1 Å². The number of benzene rings is 5. The van der Waals surface area contributed by atoms with E-state index in [0.29, 0.717) is 11.7 Å². The summed E-state index contributed by atoms with van der Waals surface area (Å²) in [6.45, 7) is 9.38. The van der Waals surface area contributed by atoms with Crippen LogP contribution in [0.15, 0.2) is 108 Å². The number of fused-ring (bicyclic) bond motifs is 7. The molecule has 1 aliphatic heterocycles. The van der Waals surface area contributed by atoms with E-state index in [2.05, 4.69) is 205 Å². The second-order valence-corrected chi connectivity index (χ2v) is 23.3. The third-order valence-electron chi connectivity index (χ3n) is 14.3. The molecule has 0 N–H and O–H groups in total. The number of ether oxygens (including phenoxy) is 1. The fourth-order valence-electron chi connectivity index (χ4n) is 10.1. The molecule has 4 heterocycles. The Morgan fingerprint density at radius 3 is 1.65 bits per heavy atom. The summed E-state index contributed by atoms with van der Waals surface area (Å²) in [5, 5.41) is -0.655. The van der Waals surface area contributed by atoms with Crippen molar-refractivity contribution in [2.75, 3.05) is 0 Å². The van der Waals surface area contributed by atoms with Crippen molar-refractivity contribution in [2.45, 2.75) is 59.0 Å². The van der Waals surface area contributed by atoms with Crippen molar-refractivity contribution >= 4 is 122 Å². The average Bonchev–Trinajstić information content (AvgIpc) is 3.73. The number of hydrogen-bond acceptors (Lipinski definition) is 4. The second kappa shape index (κ2) is 14.3. The molecule has 5 aromatic carbocycles. The minimum Gasteiger partial charge on any atom is -0.438 e. The Bertz CT molecular complexity index is 3170. The van der Waals surface area contributed by atoms with E-state index < -0.39 is 0 Å². The van der Waals surface area contributed by atoms with Gasteiger partial charge in [0.15, 0.2) is 5.58 Å². The Kier molecular flexibility index (Phi) is 9.84. The van der Waals surface area contributed by atoms with Crippen molar-refractivity contribution in [2.24, 2.45) is 0 Å². The van der Waals surface area contributed by atoms with Crippen molar-refractivity contribution in [3.63, 3.8) is 0 Å². The third-order valence-corrected chi connectivity index (χ3v) is 14.3. The lowest BCUT2D eigenvalue weighted by molar-refractivity contribution is 0.305. The summed E-state index contributed by atoms with van der Waals surface area (Å²) >= 11 is 0. The summed E-state index contributed by atoms with van der Waals surface area (Å²) in [5.74, 6) is 2.18. The molecule has 0 saturated carbocycles. The number of rotatable bonds is 7. The van der Waals surface area contributed by atoms with Gasteiger partial charge in [-0.25, -0.2) is 4.98 Å². The molecular weight excluding hydrogens is 756 g/mol. The zero-order chi connectivity index (χ0) is 45.4. The van der Waals surface area contributed by atoms with E-state index in [1.54, 1.807) is 0 Å². The van der Waals surface area contributed by atoms with Gasteiger partial charge in [-0.15, -0.1) is 0 Å². The predicted molar refractivity (Wildman–Crippen MR) is 298 cm³/mol. The number of para-hydroxylation sites is 2. The summed E-state index contributed by atoms with van der Waals surface area (Å²) in [6.07, 6.45) is 1.85. The third kappa shape index (κ3) is 6.94. The van der Waals surface area contributed by atoms with Crippen LogP contribution in [0.4, 0.5) is 0 Å². The van der Waals surface area contributed by atoms with Gasteiger partial charge in [-0.1, -0.05) is 131 Å². The van der Waals surface area contributed by atoms with Crippen LogP contribution in [0.2, 0.25) is 0 Å². The minimum absolute atomic E-state index is 0.156. The lowest BCUT2D eigenvalue weighted by atomic mass is 9.38. The first-order chi connectivity index (χ1) is 29.3. The smallest absolute Gasteiger partial charge is 0.307 e. The first-order valence-electron chi connectivity index (χ1n) is 22.7. The van der Waals surface area contributed by atoms with Gasteiger partial charge in [-0.05, 0) is 58.7 Å². The van der Waals surface area contributed by atoms with Crippen LogP contribution in [0.5, 0.6) is 11.6 Å². The first kappa shape index (κ1) is 43.4. The maximum Gasteiger partial charge on any atom is 0.307 e. The molecule has 1 aliphatic rings. The summed E-state index contributed by atoms with van der Waals surface area (Å²) in [6, 6.07) is 36.0. The fraction of sp³-hybridized carbons (Fsp3) is 0.217. The van der Waals surface area contributed by atoms with Gasteiger partial charge in [-0.3, -0.25) is 4.40 Å². The molecule has 0 fully saturated rings. The normalized spacial score (nSPS) is 15.2. The molecule has 0 atom stereocenters. The molecule has 63 heavy (non-hydrogen) atoms. The fourth-order valence-corrected chi connectivity index (χ4v) is 10.1. The lowest BCUT2D eigenvalue weighted by Gasteiger charge is -2.41. The highest BCUT2D eigenvalue weighted by Gasteiger charge is 2.47. The van der Waals surface area contributed by atoms with Crippen molar-refractivity contribution in [3.05, 3.63) is 137 Å². The van der Waals surface area contributed by atoms with E-state index in [4.69, 9.17) is 19.1 Å². The van der Waals surface area contributed by atoms with E-state index in [1.807, 2.05) is 24.4 Å². The highest BCUT2D eigenvalue weighted by Crippen LogP contribution is 2.56. The average molecular weight is 810 g/mol. The molecule has 0 amide bonds. The zero-order valence-corrected chi connectivity index (χ0v) is 40.5. The SMILES string of the molecule is BC(B)(B)c1ccc(-c2c(C(B)(B)B)ccc3c2Oc2ncccc2C(C)(C)C3(C)C)cc1-c1cc(-c2c(C(B)(B)B)ccc3c2oc2nc4ccccc4n23)ccc1C(B)(B)B. The number of aromatic nitrogens is 3. The molecule has 300 valence electrons. The van der Waals surface area contributed by atoms with Crippen LogP contribution in [0.3, 0.4) is 0 Å². The highest BCUT2D eigenvalue weighted by molar-refractivity contribution is 6.61. The van der Waals surface area contributed by atoms with Crippen molar-refractivity contribution < 1.29 is 9.15 Å². The quantitative estimate of drug-likeness (QED) is 0.195. The van der Waals surface area contributed by atoms with Crippen LogP contribution in [0, 0.1) is 0 Å². The first-order valence-corrected chi connectivity index (χ1v) is 22.7. The molecule has 17 heteroatoms. The highest BCUT2D eigenvalue weighted by atomic mass is 16.5. The Morgan fingerprint density at radius 2 is 1.05 bits per heavy atom. The van der Waals surface area contributed by atoms with E-state index in [-0.39, 0.29) is 31.3 Å². The maximum absolute atomic E-state index is 7.20. The summed E-state index contributed by atoms with van der Waals surface area (Å²) in [5.41, 5.74) is 17.6. The van der Waals surface area contributed by atoms with Gasteiger partial charge in [0.25, 0.3) is 0 Å². The van der Waals surface area contributed by atoms with Crippen LogP contribution >= 0.6 is 0 Å². The van der Waals surface area contributed by atoms with E-state index >= 15 is 0 Å². The standard InChI is InChI=1S/C46H53B12N3O2/c1-41(2)30-16-15-28(45(53,54)55)35(37(30)62-39-31(42(41,3)4)8-7-19-59-39)22-11-13-26(43(47,48)49)24(20-22)25-21-23(12-14-27(25)44(50,51)52)36-29(46(56,57)58)17-18-34-38(36)63-40-60-32-9-5-6-10-33(32)61(34)40/h5-21H,47-58H2,1-4H3. The van der Waals surface area contributed by atoms with Gasteiger partial charge in [0, 0.05) is 39.3 Å². The minimum atomic E-state index is -0.283. The van der Waals surface area contributed by atoms with Crippen LogP contribution in [-0.2, 0) is 31.3 Å². The molecule has 0 spiro atoms. The van der Waals surface area contributed by atoms with Gasteiger partial charge in [0.2, 0.25) is 5.88 Å². The summed E-state index contributed by atoms with van der Waals surface area (Å²) in [4.78, 5) is 9.83. The van der Waals surface area contributed by atoms with Crippen molar-refractivity contribution in [1.29, 1.82) is 0 Å². The summed E-state index contributed by atoms with van der Waals surface area (Å²) < 4.78 is 16.2. The number of imidazole rings is 1. The Balaban J connectivity index is 1.36. The van der Waals surface area contributed by atoms with Crippen LogP contribution < -0.4 is 4.74 Å². The number of nitrogens with zero attached hydrogens (tertiary/aromatic N) is 3. The van der Waals surface area contributed by atoms with E-state index in [1.165, 1.54) is 38.9 Å². The van der Waals surface area contributed by atoms with Crippen LogP contribution in [-0.4, -0.2) is 109 Å². The molecule has 8 aromatic rings. The van der Waals surface area contributed by atoms with Crippen LogP contribution in [0.25, 0.3) is 61.4 Å². The molecule has 0 unspecified atom stereocenters. The maximum atomic E-state index is 7.20. The monoisotopic (exact) mass is 812 g/mol. The Labute approximate surface area is 384 Å².